The lowest BCUT2D eigenvalue weighted by atomic mass is 9.58. The Bertz CT molecular complexity index is 554. The van der Waals surface area contributed by atoms with Crippen LogP contribution < -0.4 is 0 Å². The summed E-state index contributed by atoms with van der Waals surface area (Å²) in [5, 5.41) is 0. The van der Waals surface area contributed by atoms with Gasteiger partial charge in [-0.2, -0.15) is 0 Å². The molecule has 5 aliphatic heterocycles. The van der Waals surface area contributed by atoms with Crippen LogP contribution in [0, 0.1) is 23.7 Å². The highest BCUT2D eigenvalue weighted by molar-refractivity contribution is 5.09. The van der Waals surface area contributed by atoms with Gasteiger partial charge in [-0.3, -0.25) is 4.90 Å². The summed E-state index contributed by atoms with van der Waals surface area (Å²) in [6.45, 7) is 11.1. The summed E-state index contributed by atoms with van der Waals surface area (Å²) in [4.78, 5) is 17.1. The SMILES string of the molecule is C[C@H]1[C@H](N2CCN(C)CC2)O[C@@H]2O[C@@]3(C)CC[C@H]4[C@H](C)CC[C@@H]1[C@@]24OO3. The minimum atomic E-state index is -0.676. The molecule has 6 aliphatic rings. The fraction of sp³-hybridized carbons (Fsp3) is 1.00. The van der Waals surface area contributed by atoms with Crippen LogP contribution in [0.2, 0.25) is 0 Å². The van der Waals surface area contributed by atoms with Gasteiger partial charge < -0.3 is 14.4 Å². The Morgan fingerprint density at radius 3 is 2.46 bits per heavy atom. The van der Waals surface area contributed by atoms with Crippen LogP contribution in [0.3, 0.4) is 0 Å². The molecule has 148 valence electrons. The lowest BCUT2D eigenvalue weighted by Crippen LogP contribution is -2.72. The molecule has 5 heterocycles. The summed E-state index contributed by atoms with van der Waals surface area (Å²) in [6.07, 6.45) is 4.21. The van der Waals surface area contributed by atoms with Gasteiger partial charge in [0.05, 0.1) is 0 Å². The molecular weight excluding hydrogens is 332 g/mol. The highest BCUT2D eigenvalue weighted by Crippen LogP contribution is 2.60. The van der Waals surface area contributed by atoms with Crippen molar-refractivity contribution < 1.29 is 19.2 Å². The first-order valence-corrected chi connectivity index (χ1v) is 10.6. The summed E-state index contributed by atoms with van der Waals surface area (Å²) in [5.74, 6) is 1.24. The fourth-order valence-corrected chi connectivity index (χ4v) is 6.38. The third kappa shape index (κ3) is 2.46. The number of likely N-dealkylation sites (N-methyl/N-ethyl adjacent to an activating group) is 1. The van der Waals surface area contributed by atoms with Crippen LogP contribution in [0.15, 0.2) is 0 Å². The number of fused-ring (bicyclic) bond motifs is 2. The first kappa shape index (κ1) is 17.8. The Balaban J connectivity index is 1.49. The van der Waals surface area contributed by atoms with Crippen LogP contribution in [0.25, 0.3) is 0 Å². The Labute approximate surface area is 157 Å². The van der Waals surface area contributed by atoms with E-state index in [1.807, 2.05) is 6.92 Å². The predicted octanol–water partition coefficient (Wildman–Crippen LogP) is 2.44. The van der Waals surface area contributed by atoms with E-state index in [0.29, 0.717) is 23.7 Å². The zero-order chi connectivity index (χ0) is 18.1. The topological polar surface area (TPSA) is 43.4 Å². The van der Waals surface area contributed by atoms with Crippen LogP contribution in [0.4, 0.5) is 0 Å². The second-order valence-electron chi connectivity index (χ2n) is 9.64. The summed E-state index contributed by atoms with van der Waals surface area (Å²) < 4.78 is 13.2. The monoisotopic (exact) mass is 366 g/mol. The molecule has 0 aromatic heterocycles. The maximum Gasteiger partial charge on any atom is 0.201 e. The van der Waals surface area contributed by atoms with Gasteiger partial charge >= 0.3 is 0 Å². The van der Waals surface area contributed by atoms with Crippen molar-refractivity contribution in [2.75, 3.05) is 33.2 Å². The van der Waals surface area contributed by atoms with Crippen molar-refractivity contribution in [1.29, 1.82) is 0 Å². The number of ether oxygens (including phenoxy) is 2. The number of hydrogen-bond donors (Lipinski definition) is 0. The third-order valence-corrected chi connectivity index (χ3v) is 8.02. The van der Waals surface area contributed by atoms with Crippen LogP contribution in [-0.4, -0.2) is 66.9 Å². The van der Waals surface area contributed by atoms with E-state index in [0.717, 1.165) is 39.0 Å². The van der Waals surface area contributed by atoms with E-state index in [9.17, 15) is 0 Å². The molecule has 1 aliphatic carbocycles. The molecule has 0 unspecified atom stereocenters. The molecule has 6 rings (SSSR count). The van der Waals surface area contributed by atoms with Gasteiger partial charge in [0.25, 0.3) is 0 Å². The minimum Gasteiger partial charge on any atom is -0.331 e. The van der Waals surface area contributed by atoms with Crippen molar-refractivity contribution in [2.24, 2.45) is 23.7 Å². The number of nitrogens with zero attached hydrogens (tertiary/aromatic N) is 2. The summed E-state index contributed by atoms with van der Waals surface area (Å²) in [6, 6.07) is 0. The molecule has 6 heteroatoms. The first-order chi connectivity index (χ1) is 12.4. The van der Waals surface area contributed by atoms with Crippen molar-refractivity contribution in [3.63, 3.8) is 0 Å². The Hall–Kier alpha value is -0.240. The smallest absolute Gasteiger partial charge is 0.201 e. The second-order valence-corrected chi connectivity index (χ2v) is 9.64. The standard InChI is InChI=1S/C20H34N2O4/c1-13-5-6-16-14(2)17(22-11-9-21(4)10-12-22)23-18-20(16)15(13)7-8-19(3,24-18)25-26-20/h13-18H,5-12H2,1-4H3/t13-,14-,15+,16+,17-,18-,19-,20-/m1/s1. The van der Waals surface area contributed by atoms with Gasteiger partial charge in [0, 0.05) is 44.4 Å². The predicted molar refractivity (Wildman–Crippen MR) is 95.9 cm³/mol. The summed E-state index contributed by atoms with van der Waals surface area (Å²) >= 11 is 0. The maximum atomic E-state index is 6.71. The van der Waals surface area contributed by atoms with Gasteiger partial charge in [0.1, 0.15) is 6.23 Å². The van der Waals surface area contributed by atoms with Gasteiger partial charge in [0.2, 0.25) is 5.79 Å². The highest BCUT2D eigenvalue weighted by atomic mass is 17.3. The van der Waals surface area contributed by atoms with E-state index in [-0.39, 0.29) is 12.5 Å². The Morgan fingerprint density at radius 1 is 0.923 bits per heavy atom. The summed E-state index contributed by atoms with van der Waals surface area (Å²) in [7, 11) is 2.20. The molecule has 0 aromatic rings. The van der Waals surface area contributed by atoms with Crippen LogP contribution in [0.1, 0.15) is 46.5 Å². The Kier molecular flexibility index (Phi) is 4.20. The molecule has 1 spiro atoms. The maximum absolute atomic E-state index is 6.71. The molecule has 8 atom stereocenters. The molecular formula is C20H34N2O4. The lowest BCUT2D eigenvalue weighted by Gasteiger charge is -2.61. The lowest BCUT2D eigenvalue weighted by molar-refractivity contribution is -0.574. The van der Waals surface area contributed by atoms with Crippen LogP contribution in [-0.2, 0) is 19.2 Å². The van der Waals surface area contributed by atoms with Crippen molar-refractivity contribution >= 4 is 0 Å². The first-order valence-electron chi connectivity index (χ1n) is 10.6. The van der Waals surface area contributed by atoms with E-state index in [1.54, 1.807) is 0 Å². The molecule has 0 amide bonds. The number of piperazine rings is 1. The molecule has 0 radical (unpaired) electrons. The zero-order valence-corrected chi connectivity index (χ0v) is 16.6. The molecule has 6 nitrogen and oxygen atoms in total. The fourth-order valence-electron chi connectivity index (χ4n) is 6.38. The molecule has 1 saturated carbocycles. The van der Waals surface area contributed by atoms with E-state index in [1.165, 1.54) is 12.8 Å². The van der Waals surface area contributed by atoms with E-state index >= 15 is 0 Å². The van der Waals surface area contributed by atoms with Gasteiger partial charge in [-0.05, 0) is 45.1 Å². The van der Waals surface area contributed by atoms with Gasteiger partial charge in [0.15, 0.2) is 11.9 Å². The van der Waals surface area contributed by atoms with Gasteiger partial charge in [-0.1, -0.05) is 13.8 Å². The third-order valence-electron chi connectivity index (χ3n) is 8.02. The molecule has 2 bridgehead atoms. The van der Waals surface area contributed by atoms with Crippen LogP contribution >= 0.6 is 0 Å². The molecule has 5 saturated heterocycles. The van der Waals surface area contributed by atoms with Gasteiger partial charge in [-0.25, -0.2) is 9.78 Å². The van der Waals surface area contributed by atoms with E-state index < -0.39 is 11.4 Å². The molecule has 0 aromatic carbocycles. The molecule has 0 N–H and O–H groups in total. The number of hydrogen-bond acceptors (Lipinski definition) is 6. The average Bonchev–Trinajstić information content (AvgIpc) is 2.85. The molecule has 6 fully saturated rings. The quantitative estimate of drug-likeness (QED) is 0.664. The van der Waals surface area contributed by atoms with Crippen molar-refractivity contribution in [1.82, 2.24) is 9.80 Å². The number of rotatable bonds is 1. The van der Waals surface area contributed by atoms with Crippen molar-refractivity contribution in [3.8, 4) is 0 Å². The van der Waals surface area contributed by atoms with E-state index in [4.69, 9.17) is 19.2 Å². The zero-order valence-electron chi connectivity index (χ0n) is 16.6. The molecule has 26 heavy (non-hydrogen) atoms. The normalized spacial score (nSPS) is 55.4. The van der Waals surface area contributed by atoms with Gasteiger partial charge in [-0.15, -0.1) is 0 Å². The second kappa shape index (κ2) is 6.13. The highest BCUT2D eigenvalue weighted by Gasteiger charge is 2.69. The van der Waals surface area contributed by atoms with E-state index in [2.05, 4.69) is 30.7 Å². The van der Waals surface area contributed by atoms with Crippen LogP contribution in [0.5, 0.6) is 0 Å². The van der Waals surface area contributed by atoms with Crippen molar-refractivity contribution in [2.45, 2.75) is 70.4 Å². The Morgan fingerprint density at radius 2 is 1.69 bits per heavy atom. The minimum absolute atomic E-state index is 0.116. The van der Waals surface area contributed by atoms with Crippen molar-refractivity contribution in [3.05, 3.63) is 0 Å². The summed E-state index contributed by atoms with van der Waals surface area (Å²) in [5.41, 5.74) is -0.434. The largest absolute Gasteiger partial charge is 0.331 e. The average molecular weight is 367 g/mol.